The van der Waals surface area contributed by atoms with Crippen molar-refractivity contribution in [2.75, 3.05) is 6.54 Å². The van der Waals surface area contributed by atoms with Crippen molar-refractivity contribution in [3.63, 3.8) is 0 Å². The van der Waals surface area contributed by atoms with Gasteiger partial charge in [0.25, 0.3) is 0 Å². The molecule has 0 amide bonds. The molecule has 0 spiro atoms. The van der Waals surface area contributed by atoms with E-state index in [0.717, 1.165) is 11.6 Å². The second-order valence-corrected chi connectivity index (χ2v) is 5.44. The van der Waals surface area contributed by atoms with Crippen LogP contribution in [0.2, 0.25) is 0 Å². The number of aromatic nitrogens is 1. The number of hydrogen-bond acceptors (Lipinski definition) is 4. The summed E-state index contributed by atoms with van der Waals surface area (Å²) >= 11 is 1.71. The van der Waals surface area contributed by atoms with E-state index in [9.17, 15) is 0 Å². The number of hydrogen-bond donors (Lipinski definition) is 1. The van der Waals surface area contributed by atoms with Crippen LogP contribution in [0.4, 0.5) is 0 Å². The highest BCUT2D eigenvalue weighted by molar-refractivity contribution is 7.11. The van der Waals surface area contributed by atoms with Crippen molar-refractivity contribution < 1.29 is 4.74 Å². The first kappa shape index (κ1) is 11.0. The minimum atomic E-state index is 0.373. The molecule has 0 bridgehead atoms. The van der Waals surface area contributed by atoms with Gasteiger partial charge in [0.05, 0.1) is 22.6 Å². The molecule has 0 aliphatic heterocycles. The van der Waals surface area contributed by atoms with Crippen LogP contribution in [-0.2, 0) is 11.3 Å². The SMILES string of the molecule is Cc1ncc(COC2CCCC2CN)s1. The Kier molecular flexibility index (Phi) is 3.72. The quantitative estimate of drug-likeness (QED) is 0.855. The molecule has 1 aliphatic rings. The zero-order valence-corrected chi connectivity index (χ0v) is 9.93. The Morgan fingerprint density at radius 2 is 2.47 bits per heavy atom. The van der Waals surface area contributed by atoms with Crippen molar-refractivity contribution in [3.05, 3.63) is 16.1 Å². The van der Waals surface area contributed by atoms with Crippen LogP contribution in [0, 0.1) is 12.8 Å². The fourth-order valence-electron chi connectivity index (χ4n) is 2.15. The van der Waals surface area contributed by atoms with E-state index in [-0.39, 0.29) is 0 Å². The molecule has 15 heavy (non-hydrogen) atoms. The van der Waals surface area contributed by atoms with Crippen LogP contribution in [-0.4, -0.2) is 17.6 Å². The second-order valence-electron chi connectivity index (χ2n) is 4.12. The van der Waals surface area contributed by atoms with Crippen molar-refractivity contribution in [1.29, 1.82) is 0 Å². The third-order valence-electron chi connectivity index (χ3n) is 3.00. The van der Waals surface area contributed by atoms with E-state index in [4.69, 9.17) is 10.5 Å². The average Bonchev–Trinajstić information content (AvgIpc) is 2.83. The van der Waals surface area contributed by atoms with Gasteiger partial charge in [-0.1, -0.05) is 6.42 Å². The van der Waals surface area contributed by atoms with Gasteiger partial charge in [0.1, 0.15) is 0 Å². The zero-order chi connectivity index (χ0) is 10.7. The molecular formula is C11H18N2OS. The average molecular weight is 226 g/mol. The van der Waals surface area contributed by atoms with Gasteiger partial charge >= 0.3 is 0 Å². The molecule has 0 aromatic carbocycles. The number of nitrogens with two attached hydrogens (primary N) is 1. The molecule has 2 atom stereocenters. The predicted octanol–water partition coefficient (Wildman–Crippen LogP) is 2.10. The summed E-state index contributed by atoms with van der Waals surface area (Å²) in [7, 11) is 0. The van der Waals surface area contributed by atoms with E-state index in [2.05, 4.69) is 4.98 Å². The number of aryl methyl sites for hydroxylation is 1. The molecule has 1 fully saturated rings. The lowest BCUT2D eigenvalue weighted by atomic mass is 10.1. The van der Waals surface area contributed by atoms with E-state index >= 15 is 0 Å². The van der Waals surface area contributed by atoms with Crippen LogP contribution in [0.5, 0.6) is 0 Å². The molecule has 1 saturated carbocycles. The summed E-state index contributed by atoms with van der Waals surface area (Å²) in [6, 6.07) is 0. The predicted molar refractivity (Wildman–Crippen MR) is 61.8 cm³/mol. The van der Waals surface area contributed by atoms with Crippen molar-refractivity contribution >= 4 is 11.3 Å². The fourth-order valence-corrected chi connectivity index (χ4v) is 2.87. The van der Waals surface area contributed by atoms with E-state index in [1.54, 1.807) is 11.3 Å². The van der Waals surface area contributed by atoms with Gasteiger partial charge in [-0.05, 0) is 32.2 Å². The minimum Gasteiger partial charge on any atom is -0.372 e. The Labute approximate surface area is 94.7 Å². The first-order valence-electron chi connectivity index (χ1n) is 5.52. The van der Waals surface area contributed by atoms with Gasteiger partial charge in [0.15, 0.2) is 0 Å². The summed E-state index contributed by atoms with van der Waals surface area (Å²) < 4.78 is 5.90. The van der Waals surface area contributed by atoms with E-state index in [0.29, 0.717) is 18.6 Å². The third-order valence-corrected chi connectivity index (χ3v) is 3.89. The van der Waals surface area contributed by atoms with Crippen molar-refractivity contribution in [2.45, 2.75) is 38.9 Å². The van der Waals surface area contributed by atoms with Crippen LogP contribution >= 0.6 is 11.3 Å². The topological polar surface area (TPSA) is 48.1 Å². The van der Waals surface area contributed by atoms with Crippen LogP contribution in [0.3, 0.4) is 0 Å². The van der Waals surface area contributed by atoms with Gasteiger partial charge in [0, 0.05) is 6.20 Å². The number of ether oxygens (including phenoxy) is 1. The van der Waals surface area contributed by atoms with E-state index < -0.39 is 0 Å². The molecule has 3 nitrogen and oxygen atoms in total. The highest BCUT2D eigenvalue weighted by atomic mass is 32.1. The van der Waals surface area contributed by atoms with Crippen molar-refractivity contribution in [3.8, 4) is 0 Å². The summed E-state index contributed by atoms with van der Waals surface area (Å²) in [6.45, 7) is 3.48. The minimum absolute atomic E-state index is 0.373. The lowest BCUT2D eigenvalue weighted by Gasteiger charge is -2.17. The maximum atomic E-state index is 5.90. The van der Waals surface area contributed by atoms with Crippen LogP contribution < -0.4 is 5.73 Å². The Hall–Kier alpha value is -0.450. The third kappa shape index (κ3) is 2.77. The monoisotopic (exact) mass is 226 g/mol. The molecule has 2 unspecified atom stereocenters. The number of thiazole rings is 1. The molecule has 1 aromatic heterocycles. The Bertz CT molecular complexity index is 313. The fraction of sp³-hybridized carbons (Fsp3) is 0.727. The molecule has 1 aromatic rings. The molecule has 0 saturated heterocycles. The van der Waals surface area contributed by atoms with Crippen LogP contribution in [0.1, 0.15) is 29.1 Å². The molecule has 84 valence electrons. The smallest absolute Gasteiger partial charge is 0.0897 e. The number of nitrogens with zero attached hydrogens (tertiary/aromatic N) is 1. The summed E-state index contributed by atoms with van der Waals surface area (Å²) in [5.74, 6) is 0.569. The highest BCUT2D eigenvalue weighted by Gasteiger charge is 2.26. The summed E-state index contributed by atoms with van der Waals surface area (Å²) in [5.41, 5.74) is 5.71. The number of rotatable bonds is 4. The molecular weight excluding hydrogens is 208 g/mol. The lowest BCUT2D eigenvalue weighted by Crippen LogP contribution is -2.25. The normalized spacial score (nSPS) is 26.0. The first-order valence-corrected chi connectivity index (χ1v) is 6.34. The molecule has 4 heteroatoms. The summed E-state index contributed by atoms with van der Waals surface area (Å²) in [4.78, 5) is 5.43. The van der Waals surface area contributed by atoms with Gasteiger partial charge in [-0.25, -0.2) is 4.98 Å². The van der Waals surface area contributed by atoms with Crippen molar-refractivity contribution in [2.24, 2.45) is 11.7 Å². The van der Waals surface area contributed by atoms with E-state index in [1.807, 2.05) is 13.1 Å². The van der Waals surface area contributed by atoms with Gasteiger partial charge in [-0.3, -0.25) is 0 Å². The second kappa shape index (κ2) is 5.05. The Morgan fingerprint density at radius 1 is 1.60 bits per heavy atom. The summed E-state index contributed by atoms with van der Waals surface area (Å²) in [6.07, 6.45) is 5.93. The van der Waals surface area contributed by atoms with Crippen LogP contribution in [0.15, 0.2) is 6.20 Å². The van der Waals surface area contributed by atoms with Gasteiger partial charge < -0.3 is 10.5 Å². The molecule has 0 radical (unpaired) electrons. The summed E-state index contributed by atoms with van der Waals surface area (Å²) in [5, 5.41) is 1.11. The molecule has 2 N–H and O–H groups in total. The Morgan fingerprint density at radius 3 is 3.13 bits per heavy atom. The van der Waals surface area contributed by atoms with Gasteiger partial charge in [0.2, 0.25) is 0 Å². The lowest BCUT2D eigenvalue weighted by molar-refractivity contribution is 0.0196. The zero-order valence-electron chi connectivity index (χ0n) is 9.11. The highest BCUT2D eigenvalue weighted by Crippen LogP contribution is 2.28. The largest absolute Gasteiger partial charge is 0.372 e. The maximum Gasteiger partial charge on any atom is 0.0897 e. The van der Waals surface area contributed by atoms with Crippen LogP contribution in [0.25, 0.3) is 0 Å². The van der Waals surface area contributed by atoms with Gasteiger partial charge in [-0.15, -0.1) is 11.3 Å². The maximum absolute atomic E-state index is 5.90. The standard InChI is InChI=1S/C11H18N2OS/c1-8-13-6-10(15-8)7-14-11-4-2-3-9(11)5-12/h6,9,11H,2-5,7,12H2,1H3. The molecule has 1 heterocycles. The first-order chi connectivity index (χ1) is 7.29. The van der Waals surface area contributed by atoms with Crippen molar-refractivity contribution in [1.82, 2.24) is 4.98 Å². The molecule has 1 aliphatic carbocycles. The van der Waals surface area contributed by atoms with E-state index in [1.165, 1.54) is 24.1 Å². The van der Waals surface area contributed by atoms with Gasteiger partial charge in [-0.2, -0.15) is 0 Å². The Balaban J connectivity index is 1.82. The molecule has 2 rings (SSSR count).